The monoisotopic (exact) mass is 421 g/mol. The van der Waals surface area contributed by atoms with Crippen LogP contribution in [0.25, 0.3) is 0 Å². The first-order valence-corrected chi connectivity index (χ1v) is 13.0. The number of hydrogen-bond acceptors (Lipinski definition) is 7. The fourth-order valence-corrected chi connectivity index (χ4v) is 4.62. The molecule has 26 heavy (non-hydrogen) atoms. The third-order valence-corrected chi connectivity index (χ3v) is 10.7. The Bertz CT molecular complexity index is 778. The van der Waals surface area contributed by atoms with Crippen LogP contribution in [0.4, 0.5) is 11.4 Å². The summed E-state index contributed by atoms with van der Waals surface area (Å²) < 4.78 is 29.8. The van der Waals surface area contributed by atoms with E-state index in [4.69, 9.17) is 9.56 Å². The summed E-state index contributed by atoms with van der Waals surface area (Å²) in [7, 11) is -6.21. The maximum Gasteiger partial charge on any atom is 0.270 e. The first-order valence-electron chi connectivity index (χ1n) is 8.00. The fraction of sp³-hybridized carbons (Fsp3) is 0.600. The minimum Gasteiger partial charge on any atom is -0.403 e. The van der Waals surface area contributed by atoms with Crippen LogP contribution in [0.2, 0.25) is 18.1 Å². The number of nitrogens with zero attached hydrogens (tertiary/aromatic N) is 1. The van der Waals surface area contributed by atoms with E-state index in [1.54, 1.807) is 6.92 Å². The Morgan fingerprint density at radius 2 is 1.88 bits per heavy atom. The van der Waals surface area contributed by atoms with Crippen molar-refractivity contribution >= 4 is 42.3 Å². The second-order valence-corrected chi connectivity index (χ2v) is 14.5. The Hall–Kier alpha value is -1.14. The lowest BCUT2D eigenvalue weighted by molar-refractivity contribution is -0.385. The van der Waals surface area contributed by atoms with Crippen LogP contribution in [0.3, 0.4) is 0 Å². The molecular formula is C15H27N3O5S2Si. The number of hydrogen-bond donors (Lipinski definition) is 3. The van der Waals surface area contributed by atoms with Crippen molar-refractivity contribution in [1.29, 1.82) is 0 Å². The Kier molecular flexibility index (Phi) is 6.91. The van der Waals surface area contributed by atoms with Crippen LogP contribution in [0.1, 0.15) is 27.7 Å². The molecule has 0 spiro atoms. The standard InChI is InChI=1S/C15H27N3O5S2Si/c1-10(14(24)23-26(5,6)15(2,3)4)17-12-8-7-11(18(19)20)9-13(12)25(16,21)22/h7-10,14,17,24H,1-6H3,(H2,16,21,22). The molecule has 1 rings (SSSR count). The van der Waals surface area contributed by atoms with Crippen molar-refractivity contribution in [3.05, 3.63) is 28.3 Å². The second-order valence-electron chi connectivity index (χ2n) is 7.68. The maximum absolute atomic E-state index is 11.8. The lowest BCUT2D eigenvalue weighted by Gasteiger charge is -2.39. The number of thiol groups is 1. The number of nitro groups is 1. The predicted molar refractivity (Wildman–Crippen MR) is 109 cm³/mol. The van der Waals surface area contributed by atoms with E-state index >= 15 is 0 Å². The van der Waals surface area contributed by atoms with Crippen LogP contribution in [-0.4, -0.2) is 33.1 Å². The average Bonchev–Trinajstić information content (AvgIpc) is 2.44. The minimum absolute atomic E-state index is 0.00713. The molecule has 0 saturated carbocycles. The van der Waals surface area contributed by atoms with E-state index in [-0.39, 0.29) is 27.4 Å². The van der Waals surface area contributed by atoms with Gasteiger partial charge in [0, 0.05) is 12.1 Å². The Morgan fingerprint density at radius 1 is 1.35 bits per heavy atom. The van der Waals surface area contributed by atoms with Gasteiger partial charge in [-0.2, -0.15) is 0 Å². The predicted octanol–water partition coefficient (Wildman–Crippen LogP) is 3.32. The van der Waals surface area contributed by atoms with Gasteiger partial charge in [-0.3, -0.25) is 10.1 Å². The van der Waals surface area contributed by atoms with Crippen LogP contribution < -0.4 is 10.5 Å². The summed E-state index contributed by atoms with van der Waals surface area (Å²) in [5, 5.41) is 19.1. The van der Waals surface area contributed by atoms with Crippen molar-refractivity contribution in [1.82, 2.24) is 0 Å². The molecular weight excluding hydrogens is 394 g/mol. The average molecular weight is 422 g/mol. The summed E-state index contributed by atoms with van der Waals surface area (Å²) in [6.45, 7) is 12.3. The number of nitrogens with two attached hydrogens (primary N) is 1. The Balaban J connectivity index is 3.09. The van der Waals surface area contributed by atoms with Gasteiger partial charge in [0.05, 0.1) is 16.7 Å². The number of benzene rings is 1. The van der Waals surface area contributed by atoms with Gasteiger partial charge in [0.15, 0.2) is 8.32 Å². The molecule has 8 nitrogen and oxygen atoms in total. The highest BCUT2D eigenvalue weighted by molar-refractivity contribution is 7.89. The molecule has 2 atom stereocenters. The second kappa shape index (κ2) is 7.85. The molecule has 0 aliphatic carbocycles. The number of rotatable bonds is 7. The lowest BCUT2D eigenvalue weighted by atomic mass is 10.2. The zero-order chi connectivity index (χ0) is 20.5. The van der Waals surface area contributed by atoms with Gasteiger partial charge in [0.25, 0.3) is 5.69 Å². The quantitative estimate of drug-likeness (QED) is 0.204. The third-order valence-electron chi connectivity index (χ3n) is 4.52. The van der Waals surface area contributed by atoms with Crippen molar-refractivity contribution in [3.8, 4) is 0 Å². The van der Waals surface area contributed by atoms with Gasteiger partial charge >= 0.3 is 0 Å². The molecule has 0 bridgehead atoms. The molecule has 0 aliphatic rings. The zero-order valence-electron chi connectivity index (χ0n) is 15.8. The smallest absolute Gasteiger partial charge is 0.270 e. The maximum atomic E-state index is 11.8. The van der Waals surface area contributed by atoms with Gasteiger partial charge in [-0.15, -0.1) is 12.6 Å². The van der Waals surface area contributed by atoms with Crippen molar-refractivity contribution in [2.75, 3.05) is 5.32 Å². The van der Waals surface area contributed by atoms with Gasteiger partial charge in [0.2, 0.25) is 10.0 Å². The van der Waals surface area contributed by atoms with Gasteiger partial charge < -0.3 is 9.74 Å². The zero-order valence-corrected chi connectivity index (χ0v) is 18.5. The van der Waals surface area contributed by atoms with E-state index in [2.05, 4.69) is 51.8 Å². The van der Waals surface area contributed by atoms with Gasteiger partial charge in [-0.1, -0.05) is 20.8 Å². The topological polar surface area (TPSA) is 125 Å². The number of sulfonamides is 1. The summed E-state index contributed by atoms with van der Waals surface area (Å²) in [6.07, 6.45) is 0. The molecule has 0 heterocycles. The summed E-state index contributed by atoms with van der Waals surface area (Å²) in [4.78, 5) is 9.88. The van der Waals surface area contributed by atoms with E-state index in [1.165, 1.54) is 12.1 Å². The first kappa shape index (κ1) is 22.9. The highest BCUT2D eigenvalue weighted by Crippen LogP contribution is 2.38. The Morgan fingerprint density at radius 3 is 2.31 bits per heavy atom. The lowest BCUT2D eigenvalue weighted by Crippen LogP contribution is -2.46. The summed E-state index contributed by atoms with van der Waals surface area (Å²) in [6, 6.07) is 3.11. The Labute approximate surface area is 161 Å². The fourth-order valence-electron chi connectivity index (χ4n) is 1.88. The molecule has 0 saturated heterocycles. The van der Waals surface area contributed by atoms with E-state index in [1.807, 2.05) is 0 Å². The van der Waals surface area contributed by atoms with Crippen LogP contribution in [0, 0.1) is 10.1 Å². The number of non-ortho nitro benzene ring substituents is 1. The molecule has 0 aliphatic heterocycles. The summed E-state index contributed by atoms with van der Waals surface area (Å²) in [5.74, 6) is 0. The van der Waals surface area contributed by atoms with Gasteiger partial charge in [-0.05, 0) is 31.1 Å². The number of nitro benzene ring substituents is 1. The minimum atomic E-state index is -4.14. The van der Waals surface area contributed by atoms with Crippen molar-refractivity contribution in [3.63, 3.8) is 0 Å². The number of nitrogens with one attached hydrogen (secondary N) is 1. The molecule has 148 valence electrons. The SMILES string of the molecule is CC(Nc1ccc([N+](=O)[O-])cc1S(N)(=O)=O)C(S)O[Si](C)(C)C(C)(C)C. The van der Waals surface area contributed by atoms with Crippen LogP contribution in [0.15, 0.2) is 23.1 Å². The van der Waals surface area contributed by atoms with E-state index < -0.39 is 28.7 Å². The molecule has 0 aromatic heterocycles. The highest BCUT2D eigenvalue weighted by Gasteiger charge is 2.39. The summed E-state index contributed by atoms with van der Waals surface area (Å²) in [5.41, 5.74) is -0.685. The molecule has 1 aromatic carbocycles. The third kappa shape index (κ3) is 5.68. The summed E-state index contributed by atoms with van der Waals surface area (Å²) >= 11 is 4.50. The van der Waals surface area contributed by atoms with Crippen molar-refractivity contribution in [2.45, 2.75) is 62.2 Å². The van der Waals surface area contributed by atoms with Gasteiger partial charge in [0.1, 0.15) is 10.3 Å². The normalized spacial score (nSPS) is 15.4. The van der Waals surface area contributed by atoms with Crippen LogP contribution in [0.5, 0.6) is 0 Å². The van der Waals surface area contributed by atoms with E-state index in [0.717, 1.165) is 6.07 Å². The first-order chi connectivity index (χ1) is 11.6. The molecule has 11 heteroatoms. The molecule has 0 radical (unpaired) electrons. The van der Waals surface area contributed by atoms with Crippen molar-refractivity contribution < 1.29 is 17.8 Å². The van der Waals surface area contributed by atoms with Crippen molar-refractivity contribution in [2.24, 2.45) is 5.14 Å². The molecule has 0 fully saturated rings. The van der Waals surface area contributed by atoms with E-state index in [0.29, 0.717) is 0 Å². The van der Waals surface area contributed by atoms with E-state index in [9.17, 15) is 18.5 Å². The molecule has 1 aromatic rings. The largest absolute Gasteiger partial charge is 0.403 e. The highest BCUT2D eigenvalue weighted by atomic mass is 32.2. The van der Waals surface area contributed by atoms with Crippen LogP contribution in [-0.2, 0) is 14.4 Å². The number of primary sulfonamides is 1. The molecule has 2 unspecified atom stereocenters. The van der Waals surface area contributed by atoms with Gasteiger partial charge in [-0.25, -0.2) is 13.6 Å². The number of anilines is 1. The van der Waals surface area contributed by atoms with Crippen LogP contribution >= 0.6 is 12.6 Å². The molecule has 0 amide bonds. The molecule has 3 N–H and O–H groups in total.